The van der Waals surface area contributed by atoms with Gasteiger partial charge in [-0.15, -0.1) is 0 Å². The van der Waals surface area contributed by atoms with E-state index in [0.717, 1.165) is 0 Å². The molecule has 132 valence electrons. The average molecular weight is 344 g/mol. The summed E-state index contributed by atoms with van der Waals surface area (Å²) in [5.74, 6) is -0.474. The number of hydrogen-bond acceptors (Lipinski definition) is 6. The third-order valence-electron chi connectivity index (χ3n) is 4.34. The van der Waals surface area contributed by atoms with Gasteiger partial charge in [0.05, 0.1) is 5.56 Å². The van der Waals surface area contributed by atoms with E-state index in [9.17, 15) is 15.0 Å². The molecule has 0 amide bonds. The maximum absolute atomic E-state index is 12.3. The van der Waals surface area contributed by atoms with Crippen LogP contribution < -0.4 is 10.4 Å². The number of fused-ring (bicyclic) bond motifs is 1. The molecule has 2 aromatic rings. The third kappa shape index (κ3) is 3.39. The van der Waals surface area contributed by atoms with E-state index in [1.807, 2.05) is 13.8 Å². The van der Waals surface area contributed by atoms with Crippen LogP contribution >= 0.6 is 0 Å². The monoisotopic (exact) mass is 344 g/mol. The predicted molar refractivity (Wildman–Crippen MR) is 92.8 cm³/mol. The Morgan fingerprint density at radius 1 is 1.24 bits per heavy atom. The Balaban J connectivity index is 1.95. The second kappa shape index (κ2) is 6.29. The SMILES string of the molecule is CO[C@@]1(C)C[C@@H](C)c2c(cc(/C=C/c3ccc(O)c(O)c3)oc2=O)O1. The van der Waals surface area contributed by atoms with Crippen molar-refractivity contribution in [3.63, 3.8) is 0 Å². The Hall–Kier alpha value is -2.73. The first-order chi connectivity index (χ1) is 11.8. The highest BCUT2D eigenvalue weighted by atomic mass is 16.7. The molecule has 1 aromatic heterocycles. The van der Waals surface area contributed by atoms with Crippen LogP contribution in [-0.2, 0) is 4.74 Å². The highest BCUT2D eigenvalue weighted by Gasteiger charge is 2.37. The molecule has 0 bridgehead atoms. The average Bonchev–Trinajstić information content (AvgIpc) is 2.55. The zero-order chi connectivity index (χ0) is 18.2. The van der Waals surface area contributed by atoms with Crippen molar-refractivity contribution in [2.45, 2.75) is 32.0 Å². The minimum Gasteiger partial charge on any atom is -0.504 e. The topological polar surface area (TPSA) is 89.1 Å². The molecule has 1 aliphatic heterocycles. The minimum absolute atomic E-state index is 0.0444. The quantitative estimate of drug-likeness (QED) is 0.829. The second-order valence-corrected chi connectivity index (χ2v) is 6.34. The molecule has 0 saturated heterocycles. The highest BCUT2D eigenvalue weighted by molar-refractivity contribution is 5.69. The zero-order valence-electron chi connectivity index (χ0n) is 14.3. The number of phenolic OH excluding ortho intramolecular Hbond substituents is 2. The third-order valence-corrected chi connectivity index (χ3v) is 4.34. The Bertz CT molecular complexity index is 882. The summed E-state index contributed by atoms with van der Waals surface area (Å²) in [6.45, 7) is 3.76. The summed E-state index contributed by atoms with van der Waals surface area (Å²) in [5.41, 5.74) is 0.719. The minimum atomic E-state index is -0.788. The van der Waals surface area contributed by atoms with E-state index in [0.29, 0.717) is 29.1 Å². The number of phenols is 2. The molecule has 2 heterocycles. The molecule has 0 unspecified atom stereocenters. The smallest absolute Gasteiger partial charge is 0.343 e. The fraction of sp³-hybridized carbons (Fsp3) is 0.316. The fourth-order valence-electron chi connectivity index (χ4n) is 2.99. The first-order valence-corrected chi connectivity index (χ1v) is 7.93. The van der Waals surface area contributed by atoms with Gasteiger partial charge in [0.25, 0.3) is 0 Å². The van der Waals surface area contributed by atoms with E-state index in [1.54, 1.807) is 31.4 Å². The van der Waals surface area contributed by atoms with Crippen molar-refractivity contribution in [2.24, 2.45) is 0 Å². The summed E-state index contributed by atoms with van der Waals surface area (Å²) in [4.78, 5) is 12.3. The summed E-state index contributed by atoms with van der Waals surface area (Å²) in [5, 5.41) is 18.9. The zero-order valence-corrected chi connectivity index (χ0v) is 14.3. The van der Waals surface area contributed by atoms with E-state index in [2.05, 4.69) is 0 Å². The summed E-state index contributed by atoms with van der Waals surface area (Å²) in [7, 11) is 1.57. The van der Waals surface area contributed by atoms with Gasteiger partial charge in [0.1, 0.15) is 11.5 Å². The molecule has 1 aliphatic rings. The molecule has 2 atom stereocenters. The van der Waals surface area contributed by atoms with E-state index in [1.165, 1.54) is 12.1 Å². The maximum Gasteiger partial charge on any atom is 0.343 e. The number of ether oxygens (including phenoxy) is 2. The van der Waals surface area contributed by atoms with Gasteiger partial charge in [-0.3, -0.25) is 0 Å². The fourth-order valence-corrected chi connectivity index (χ4v) is 2.99. The Kier molecular flexibility index (Phi) is 4.30. The molecule has 6 nitrogen and oxygen atoms in total. The Morgan fingerprint density at radius 2 is 2.00 bits per heavy atom. The van der Waals surface area contributed by atoms with E-state index < -0.39 is 11.4 Å². The lowest BCUT2D eigenvalue weighted by Gasteiger charge is -2.36. The molecule has 25 heavy (non-hydrogen) atoms. The molecule has 0 saturated carbocycles. The molecule has 6 heteroatoms. The normalized spacial score (nSPS) is 22.6. The van der Waals surface area contributed by atoms with Gasteiger partial charge in [-0.25, -0.2) is 4.79 Å². The van der Waals surface area contributed by atoms with Crippen LogP contribution in [0.4, 0.5) is 0 Å². The van der Waals surface area contributed by atoms with Gasteiger partial charge in [-0.1, -0.05) is 19.1 Å². The van der Waals surface area contributed by atoms with Crippen LogP contribution in [0.15, 0.2) is 33.5 Å². The molecular formula is C19H20O6. The van der Waals surface area contributed by atoms with E-state index in [4.69, 9.17) is 13.9 Å². The van der Waals surface area contributed by atoms with E-state index >= 15 is 0 Å². The van der Waals surface area contributed by atoms with Crippen molar-refractivity contribution < 1.29 is 24.1 Å². The summed E-state index contributed by atoms with van der Waals surface area (Å²) < 4.78 is 16.6. The molecule has 0 fully saturated rings. The van der Waals surface area contributed by atoms with Crippen molar-refractivity contribution in [1.29, 1.82) is 0 Å². The Morgan fingerprint density at radius 3 is 2.68 bits per heavy atom. The van der Waals surface area contributed by atoms with Crippen LogP contribution in [-0.4, -0.2) is 23.1 Å². The predicted octanol–water partition coefficient (Wildman–Crippen LogP) is 3.47. The van der Waals surface area contributed by atoms with E-state index in [-0.39, 0.29) is 17.4 Å². The van der Waals surface area contributed by atoms with Gasteiger partial charge in [-0.2, -0.15) is 0 Å². The first kappa shape index (κ1) is 17.1. The van der Waals surface area contributed by atoms with Gasteiger partial charge in [0, 0.05) is 26.5 Å². The molecule has 3 rings (SSSR count). The number of aromatic hydroxyl groups is 2. The van der Waals surface area contributed by atoms with Gasteiger partial charge in [0.15, 0.2) is 11.5 Å². The largest absolute Gasteiger partial charge is 0.504 e. The Labute approximate surface area is 144 Å². The second-order valence-electron chi connectivity index (χ2n) is 6.34. The van der Waals surface area contributed by atoms with Gasteiger partial charge in [0.2, 0.25) is 5.79 Å². The van der Waals surface area contributed by atoms with Crippen LogP contribution in [0, 0.1) is 0 Å². The van der Waals surface area contributed by atoms with Crippen molar-refractivity contribution in [2.75, 3.05) is 7.11 Å². The lowest BCUT2D eigenvalue weighted by molar-refractivity contribution is -0.165. The van der Waals surface area contributed by atoms with Gasteiger partial charge < -0.3 is 24.1 Å². The van der Waals surface area contributed by atoms with Crippen LogP contribution in [0.5, 0.6) is 17.2 Å². The number of methoxy groups -OCH3 is 1. The highest BCUT2D eigenvalue weighted by Crippen LogP contribution is 2.39. The van der Waals surface area contributed by atoms with Crippen LogP contribution in [0.1, 0.15) is 43.1 Å². The summed E-state index contributed by atoms with van der Waals surface area (Å²) >= 11 is 0. The molecule has 0 aliphatic carbocycles. The number of benzene rings is 1. The van der Waals surface area contributed by atoms with Gasteiger partial charge >= 0.3 is 5.63 Å². The lowest BCUT2D eigenvalue weighted by Crippen LogP contribution is -2.40. The summed E-state index contributed by atoms with van der Waals surface area (Å²) in [6, 6.07) is 6.07. The first-order valence-electron chi connectivity index (χ1n) is 7.93. The van der Waals surface area contributed by atoms with Crippen LogP contribution in [0.3, 0.4) is 0 Å². The van der Waals surface area contributed by atoms with Crippen molar-refractivity contribution in [3.05, 3.63) is 51.6 Å². The lowest BCUT2D eigenvalue weighted by atomic mass is 9.91. The molecule has 0 spiro atoms. The number of hydrogen-bond donors (Lipinski definition) is 2. The van der Waals surface area contributed by atoms with Crippen molar-refractivity contribution in [3.8, 4) is 17.2 Å². The maximum atomic E-state index is 12.3. The van der Waals surface area contributed by atoms with Crippen molar-refractivity contribution >= 4 is 12.2 Å². The number of rotatable bonds is 3. The summed E-state index contributed by atoms with van der Waals surface area (Å²) in [6.07, 6.45) is 3.81. The standard InChI is InChI=1S/C19H20O6/c1-11-10-19(2,23-3)25-16-9-13(24-18(22)17(11)16)6-4-12-5-7-14(20)15(21)8-12/h4-9,11,20-21H,10H2,1-3H3/b6-4+/t11-,19-/m1/s1. The van der Waals surface area contributed by atoms with Crippen molar-refractivity contribution in [1.82, 2.24) is 0 Å². The molecule has 2 N–H and O–H groups in total. The van der Waals surface area contributed by atoms with Crippen LogP contribution in [0.25, 0.3) is 12.2 Å². The molecule has 1 aromatic carbocycles. The van der Waals surface area contributed by atoms with Gasteiger partial charge in [-0.05, 0) is 29.7 Å². The van der Waals surface area contributed by atoms with Crippen LogP contribution in [0.2, 0.25) is 0 Å². The molecule has 0 radical (unpaired) electrons. The molecular weight excluding hydrogens is 324 g/mol.